The van der Waals surface area contributed by atoms with Crippen LogP contribution in [0.25, 0.3) is 22.7 Å². The highest BCUT2D eigenvalue weighted by molar-refractivity contribution is 5.71. The first-order chi connectivity index (χ1) is 10.2. The zero-order chi connectivity index (χ0) is 14.8. The Morgan fingerprint density at radius 2 is 1.95 bits per heavy atom. The second kappa shape index (κ2) is 5.08. The number of phenols is 1. The number of aromatic hydroxyl groups is 1. The Morgan fingerprint density at radius 3 is 2.52 bits per heavy atom. The number of aromatic nitrogens is 4. The number of nitrogens with zero attached hydrogens (tertiary/aromatic N) is 5. The number of aryl methyl sites for hydroxylation is 1. The van der Waals surface area contributed by atoms with Crippen molar-refractivity contribution in [3.63, 3.8) is 0 Å². The summed E-state index contributed by atoms with van der Waals surface area (Å²) < 4.78 is 5.29. The van der Waals surface area contributed by atoms with E-state index in [0.717, 1.165) is 0 Å². The number of hydrogen-bond acceptors (Lipinski definition) is 8. The molecular weight excluding hydrogens is 274 g/mol. The van der Waals surface area contributed by atoms with E-state index in [1.807, 2.05) is 0 Å². The predicted octanol–water partition coefficient (Wildman–Crippen LogP) is 2.61. The van der Waals surface area contributed by atoms with Crippen LogP contribution in [-0.4, -0.2) is 25.5 Å². The summed E-state index contributed by atoms with van der Waals surface area (Å²) in [5, 5.41) is 27.8. The zero-order valence-corrected chi connectivity index (χ0v) is 10.9. The summed E-state index contributed by atoms with van der Waals surface area (Å²) in [5.41, 5.74) is 1.49. The van der Waals surface area contributed by atoms with Crippen molar-refractivity contribution in [2.75, 3.05) is 0 Å². The minimum atomic E-state index is -0.0174. The van der Waals surface area contributed by atoms with Crippen LogP contribution in [0.1, 0.15) is 5.89 Å². The maximum Gasteiger partial charge on any atom is 0.247 e. The number of phenolic OH excluding ortho intramolecular Hbond substituents is 1. The number of nitroso groups, excluding NO2 is 1. The number of rotatable bonds is 3. The molecule has 21 heavy (non-hydrogen) atoms. The van der Waals surface area contributed by atoms with Crippen LogP contribution < -0.4 is 0 Å². The van der Waals surface area contributed by atoms with Crippen molar-refractivity contribution >= 4 is 5.82 Å². The molecule has 0 unspecified atom stereocenters. The number of hydrogen-bond donors (Lipinski definition) is 1. The fraction of sp³-hybridized carbons (Fsp3) is 0.0769. The molecule has 0 aliphatic rings. The second-order valence-electron chi connectivity index (χ2n) is 4.23. The van der Waals surface area contributed by atoms with E-state index in [0.29, 0.717) is 28.6 Å². The number of benzene rings is 1. The van der Waals surface area contributed by atoms with Gasteiger partial charge in [-0.3, -0.25) is 0 Å². The Hall–Kier alpha value is -3.16. The Bertz CT molecular complexity index is 798. The average molecular weight is 283 g/mol. The van der Waals surface area contributed by atoms with E-state index >= 15 is 0 Å². The van der Waals surface area contributed by atoms with Gasteiger partial charge in [0.15, 0.2) is 0 Å². The summed E-state index contributed by atoms with van der Waals surface area (Å²) in [5.74, 6) is 0.734. The van der Waals surface area contributed by atoms with Crippen LogP contribution in [0.2, 0.25) is 0 Å². The first-order valence-electron chi connectivity index (χ1n) is 5.98. The molecule has 0 saturated heterocycles. The van der Waals surface area contributed by atoms with Crippen LogP contribution in [0.4, 0.5) is 5.82 Å². The Balaban J connectivity index is 1.99. The molecule has 0 spiro atoms. The van der Waals surface area contributed by atoms with Crippen molar-refractivity contribution < 1.29 is 9.52 Å². The third-order valence-electron chi connectivity index (χ3n) is 2.79. The smallest absolute Gasteiger partial charge is 0.247 e. The van der Waals surface area contributed by atoms with Gasteiger partial charge in [-0.1, -0.05) is 0 Å². The maximum atomic E-state index is 10.3. The highest BCUT2D eigenvalue weighted by Gasteiger charge is 2.12. The molecule has 0 radical (unpaired) electrons. The summed E-state index contributed by atoms with van der Waals surface area (Å²) in [4.78, 5) is 10.3. The van der Waals surface area contributed by atoms with E-state index in [1.165, 1.54) is 12.1 Å². The first-order valence-corrected chi connectivity index (χ1v) is 5.98. The van der Waals surface area contributed by atoms with E-state index in [9.17, 15) is 10.0 Å². The van der Waals surface area contributed by atoms with Gasteiger partial charge in [0.05, 0.1) is 5.69 Å². The Labute approximate surface area is 118 Å². The fourth-order valence-corrected chi connectivity index (χ4v) is 1.81. The minimum absolute atomic E-state index is 0.00975. The Morgan fingerprint density at radius 1 is 1.10 bits per heavy atom. The Kier molecular flexibility index (Phi) is 3.11. The molecule has 0 aliphatic heterocycles. The summed E-state index contributed by atoms with van der Waals surface area (Å²) in [6.45, 7) is 1.68. The molecule has 2 aromatic heterocycles. The quantitative estimate of drug-likeness (QED) is 0.734. The molecule has 0 aliphatic carbocycles. The molecule has 8 nitrogen and oxygen atoms in total. The van der Waals surface area contributed by atoms with Crippen LogP contribution in [0, 0.1) is 11.8 Å². The van der Waals surface area contributed by atoms with Crippen molar-refractivity contribution in [3.05, 3.63) is 41.1 Å². The summed E-state index contributed by atoms with van der Waals surface area (Å²) in [6, 6.07) is 7.84. The molecule has 1 aromatic carbocycles. The van der Waals surface area contributed by atoms with E-state index in [-0.39, 0.29) is 11.6 Å². The van der Waals surface area contributed by atoms with E-state index in [2.05, 4.69) is 25.6 Å². The highest BCUT2D eigenvalue weighted by Crippen LogP contribution is 2.32. The lowest BCUT2D eigenvalue weighted by Gasteiger charge is -2.04. The van der Waals surface area contributed by atoms with Crippen LogP contribution in [-0.2, 0) is 0 Å². The largest absolute Gasteiger partial charge is 0.507 e. The molecule has 0 bridgehead atoms. The van der Waals surface area contributed by atoms with Crippen molar-refractivity contribution in [2.24, 2.45) is 5.18 Å². The predicted molar refractivity (Wildman–Crippen MR) is 72.6 cm³/mol. The molecule has 3 rings (SSSR count). The van der Waals surface area contributed by atoms with Gasteiger partial charge in [-0.15, -0.1) is 25.3 Å². The zero-order valence-electron chi connectivity index (χ0n) is 10.9. The molecule has 104 valence electrons. The topological polar surface area (TPSA) is 114 Å². The van der Waals surface area contributed by atoms with Gasteiger partial charge >= 0.3 is 0 Å². The van der Waals surface area contributed by atoms with Gasteiger partial charge in [-0.05, 0) is 35.5 Å². The molecule has 0 atom stereocenters. The molecule has 0 saturated carbocycles. The third kappa shape index (κ3) is 2.46. The normalized spacial score (nSPS) is 10.5. The molecule has 8 heteroatoms. The summed E-state index contributed by atoms with van der Waals surface area (Å²) in [7, 11) is 0. The van der Waals surface area contributed by atoms with Gasteiger partial charge in [0.25, 0.3) is 0 Å². The highest BCUT2D eigenvalue weighted by atomic mass is 16.4. The van der Waals surface area contributed by atoms with Gasteiger partial charge in [-0.25, -0.2) is 0 Å². The van der Waals surface area contributed by atoms with Crippen molar-refractivity contribution in [3.8, 4) is 28.5 Å². The summed E-state index contributed by atoms with van der Waals surface area (Å²) in [6.07, 6.45) is 0. The lowest BCUT2D eigenvalue weighted by atomic mass is 10.1. The molecular formula is C13H9N5O3. The maximum absolute atomic E-state index is 10.3. The van der Waals surface area contributed by atoms with Gasteiger partial charge in [0.2, 0.25) is 17.6 Å². The molecule has 0 fully saturated rings. The van der Waals surface area contributed by atoms with E-state index < -0.39 is 0 Å². The van der Waals surface area contributed by atoms with Crippen LogP contribution in [0.3, 0.4) is 0 Å². The molecule has 0 amide bonds. The second-order valence-corrected chi connectivity index (χ2v) is 4.23. The SMILES string of the molecule is Cc1nnc(-c2ccc(-c3ccc(N=O)nn3)c(O)c2)o1. The van der Waals surface area contributed by atoms with Gasteiger partial charge < -0.3 is 9.52 Å². The molecule has 2 heterocycles. The third-order valence-corrected chi connectivity index (χ3v) is 2.79. The fourth-order valence-electron chi connectivity index (χ4n) is 1.81. The lowest BCUT2D eigenvalue weighted by molar-refractivity contribution is 0.476. The van der Waals surface area contributed by atoms with Gasteiger partial charge in [0, 0.05) is 18.1 Å². The van der Waals surface area contributed by atoms with E-state index in [4.69, 9.17) is 4.42 Å². The molecule has 3 aromatic rings. The van der Waals surface area contributed by atoms with Crippen LogP contribution >= 0.6 is 0 Å². The van der Waals surface area contributed by atoms with Crippen molar-refractivity contribution in [1.29, 1.82) is 0 Å². The van der Waals surface area contributed by atoms with Gasteiger partial charge in [0.1, 0.15) is 5.75 Å². The van der Waals surface area contributed by atoms with Crippen LogP contribution in [0.5, 0.6) is 5.75 Å². The van der Waals surface area contributed by atoms with Crippen molar-refractivity contribution in [2.45, 2.75) is 6.92 Å². The molecule has 1 N–H and O–H groups in total. The van der Waals surface area contributed by atoms with Gasteiger partial charge in [-0.2, -0.15) is 0 Å². The van der Waals surface area contributed by atoms with E-state index in [1.54, 1.807) is 25.1 Å². The summed E-state index contributed by atoms with van der Waals surface area (Å²) >= 11 is 0. The minimum Gasteiger partial charge on any atom is -0.507 e. The van der Waals surface area contributed by atoms with Crippen molar-refractivity contribution in [1.82, 2.24) is 20.4 Å². The monoisotopic (exact) mass is 283 g/mol. The standard InChI is InChI=1S/C13H9N5O3/c1-7-14-17-13(21-7)8-2-3-9(11(19)6-8)10-4-5-12(18-20)16-15-10/h2-6,19H,1H3. The first kappa shape index (κ1) is 12.9. The average Bonchev–Trinajstić information content (AvgIpc) is 2.94. The lowest BCUT2D eigenvalue weighted by Crippen LogP contribution is -1.88. The van der Waals surface area contributed by atoms with Crippen LogP contribution in [0.15, 0.2) is 39.9 Å².